The van der Waals surface area contributed by atoms with Gasteiger partial charge in [0.25, 0.3) is 4.55 Å². The molecular formula is C9H19MgO5+2. The smallest absolute Gasteiger partial charge is 0.481 e. The molecule has 0 amide bonds. The molecule has 0 aromatic heterocycles. The zero-order chi connectivity index (χ0) is 12.9. The summed E-state index contributed by atoms with van der Waals surface area (Å²) in [5.41, 5.74) is 0. The summed E-state index contributed by atoms with van der Waals surface area (Å²) in [7, 11) is 0. The second kappa shape index (κ2) is 16.1. The number of carboxylic acids is 2. The zero-order valence-electron chi connectivity index (χ0n) is 9.56. The van der Waals surface area contributed by atoms with Crippen LogP contribution in [0.4, 0.5) is 0 Å². The molecule has 85 valence electrons. The first-order valence-electron chi connectivity index (χ1n) is 4.68. The van der Waals surface area contributed by atoms with Gasteiger partial charge in [0.1, 0.15) is 6.42 Å². The Hall–Kier alpha value is -0.334. The number of rotatable bonds is 3. The van der Waals surface area contributed by atoms with E-state index in [9.17, 15) is 9.59 Å². The molecule has 0 saturated carbocycles. The van der Waals surface area contributed by atoms with Crippen LogP contribution in [0.25, 0.3) is 0 Å². The van der Waals surface area contributed by atoms with Crippen LogP contribution in [0.5, 0.6) is 0 Å². The van der Waals surface area contributed by atoms with Crippen LogP contribution in [-0.2, 0) is 9.59 Å². The summed E-state index contributed by atoms with van der Waals surface area (Å²) in [5.74, 6) is -2.62. The molecule has 6 heteroatoms. The second-order valence-corrected chi connectivity index (χ2v) is 3.62. The third-order valence-corrected chi connectivity index (χ3v) is 1.36. The van der Waals surface area contributed by atoms with Crippen molar-refractivity contribution in [1.82, 2.24) is 0 Å². The van der Waals surface area contributed by atoms with Gasteiger partial charge < -0.3 is 15.3 Å². The predicted octanol–water partition coefficient (Wildman–Crippen LogP) is 0.916. The highest BCUT2D eigenvalue weighted by molar-refractivity contribution is 6.08. The third kappa shape index (κ3) is 85.4. The van der Waals surface area contributed by atoms with Crippen LogP contribution in [0.2, 0.25) is 4.55 Å². The van der Waals surface area contributed by atoms with E-state index in [0.29, 0.717) is 0 Å². The Bertz CT molecular complexity index is 142. The molecule has 0 aromatic rings. The van der Waals surface area contributed by atoms with Gasteiger partial charge in [-0.15, -0.1) is 0 Å². The Kier molecular flexibility index (Phi) is 21.6. The van der Waals surface area contributed by atoms with Crippen molar-refractivity contribution in [3.63, 3.8) is 0 Å². The van der Waals surface area contributed by atoms with Crippen molar-refractivity contribution in [2.24, 2.45) is 0 Å². The monoisotopic (exact) mass is 231 g/mol. The van der Waals surface area contributed by atoms with Gasteiger partial charge in [-0.1, -0.05) is 6.92 Å². The summed E-state index contributed by atoms with van der Waals surface area (Å²) in [6.07, 6.45) is 0.360. The van der Waals surface area contributed by atoms with E-state index < -0.39 is 18.4 Å². The van der Waals surface area contributed by atoms with E-state index in [-0.39, 0.29) is 6.10 Å². The van der Waals surface area contributed by atoms with E-state index in [4.69, 9.17) is 15.3 Å². The Balaban J connectivity index is -0.000000155. The molecule has 0 unspecified atom stereocenters. The van der Waals surface area contributed by atoms with Crippen LogP contribution >= 0.6 is 0 Å². The highest BCUT2D eigenvalue weighted by Gasteiger charge is 2.17. The maximum Gasteiger partial charge on any atom is 1.41 e. The first-order chi connectivity index (χ1) is 6.77. The molecular weight excluding hydrogens is 212 g/mol. The summed E-state index contributed by atoms with van der Waals surface area (Å²) in [5, 5.41) is 23.5. The van der Waals surface area contributed by atoms with Crippen LogP contribution < -0.4 is 0 Å². The van der Waals surface area contributed by atoms with Crippen LogP contribution in [-0.4, -0.2) is 55.1 Å². The summed E-state index contributed by atoms with van der Waals surface area (Å²) < 4.78 is 1.35. The van der Waals surface area contributed by atoms with Crippen molar-refractivity contribution >= 4 is 33.6 Å². The van der Waals surface area contributed by atoms with Gasteiger partial charge in [-0.2, -0.15) is 0 Å². The Morgan fingerprint density at radius 2 is 1.40 bits per heavy atom. The van der Waals surface area contributed by atoms with E-state index in [0.717, 1.165) is 0 Å². The minimum atomic E-state index is -1.31. The number of aliphatic carboxylic acids is 2. The molecule has 0 spiro atoms. The predicted molar refractivity (Wildman–Crippen MR) is 58.1 cm³/mol. The SMILES string of the molecule is CC(C)O.CC[CH2][Mg+2].O=C(O)CC(=O)O. The topological polar surface area (TPSA) is 94.8 Å². The fourth-order valence-electron chi connectivity index (χ4n) is 0.129. The Morgan fingerprint density at radius 1 is 1.20 bits per heavy atom. The summed E-state index contributed by atoms with van der Waals surface area (Å²) in [6.45, 7) is 5.63. The van der Waals surface area contributed by atoms with Gasteiger partial charge in [-0.05, 0) is 13.8 Å². The highest BCUT2D eigenvalue weighted by atomic mass is 24.4. The number of carbonyl (C=O) groups is 2. The lowest BCUT2D eigenvalue weighted by atomic mass is 10.5. The normalized spacial score (nSPS) is 8.13. The number of aliphatic hydroxyl groups is 1. The number of hydrogen-bond acceptors (Lipinski definition) is 3. The van der Waals surface area contributed by atoms with Gasteiger partial charge >= 0.3 is 33.6 Å². The molecule has 0 saturated heterocycles. The lowest BCUT2D eigenvalue weighted by Crippen LogP contribution is -2.03. The molecule has 0 atom stereocenters. The van der Waals surface area contributed by atoms with E-state index in [1.165, 1.54) is 11.0 Å². The van der Waals surface area contributed by atoms with E-state index in [1.54, 1.807) is 13.8 Å². The molecule has 0 bridgehead atoms. The van der Waals surface area contributed by atoms with E-state index in [1.807, 2.05) is 21.7 Å². The van der Waals surface area contributed by atoms with Crippen LogP contribution in [0.1, 0.15) is 33.6 Å². The molecule has 0 fully saturated rings. The van der Waals surface area contributed by atoms with E-state index in [2.05, 4.69) is 6.92 Å². The Labute approximate surface area is 103 Å². The maximum atomic E-state index is 9.43. The highest BCUT2D eigenvalue weighted by Crippen LogP contribution is 1.74. The molecule has 3 N–H and O–H groups in total. The van der Waals surface area contributed by atoms with Gasteiger partial charge in [0.05, 0.1) is 0 Å². The first kappa shape index (κ1) is 20.1. The third-order valence-electron chi connectivity index (χ3n) is 0.656. The average Bonchev–Trinajstić information content (AvgIpc) is 2.01. The van der Waals surface area contributed by atoms with Gasteiger partial charge in [0.15, 0.2) is 0 Å². The van der Waals surface area contributed by atoms with Crippen LogP contribution in [0.15, 0.2) is 0 Å². The minimum absolute atomic E-state index is 0.167. The van der Waals surface area contributed by atoms with Crippen molar-refractivity contribution in [2.75, 3.05) is 0 Å². The van der Waals surface area contributed by atoms with Crippen LogP contribution in [0.3, 0.4) is 0 Å². The zero-order valence-corrected chi connectivity index (χ0v) is 11.0. The molecule has 7 radical (unpaired) electrons. The molecule has 0 aromatic carbocycles. The summed E-state index contributed by atoms with van der Waals surface area (Å²) >= 11 is 2.02. The first-order valence-corrected chi connectivity index (χ1v) is 5.68. The lowest BCUT2D eigenvalue weighted by molar-refractivity contribution is -0.147. The molecule has 0 aliphatic rings. The van der Waals surface area contributed by atoms with Gasteiger partial charge in [-0.3, -0.25) is 9.59 Å². The van der Waals surface area contributed by atoms with Crippen molar-refractivity contribution in [2.45, 2.75) is 44.3 Å². The van der Waals surface area contributed by atoms with E-state index >= 15 is 0 Å². The number of aliphatic hydroxyl groups excluding tert-OH is 1. The molecule has 15 heavy (non-hydrogen) atoms. The van der Waals surface area contributed by atoms with Gasteiger partial charge in [0.2, 0.25) is 0 Å². The number of carboxylic acid groups (broad SMARTS) is 2. The lowest BCUT2D eigenvalue weighted by Gasteiger charge is -1.80. The van der Waals surface area contributed by atoms with Crippen molar-refractivity contribution in [3.05, 3.63) is 0 Å². The Morgan fingerprint density at radius 3 is 1.40 bits per heavy atom. The maximum absolute atomic E-state index is 9.43. The largest absolute Gasteiger partial charge is 1.41 e. The standard InChI is InChI=1S/C3H4O4.C3H8O.C3H7.Mg/c4-2(5)1-3(6)7;1-3(2)4;1-3-2;/h1H2,(H,4,5)(H,6,7);3-4H,1-2H3;1,3H2,2H3;/q;;;+2. The number of hydrogen-bond donors (Lipinski definition) is 3. The van der Waals surface area contributed by atoms with Crippen molar-refractivity contribution in [3.8, 4) is 0 Å². The molecule has 0 aliphatic heterocycles. The quantitative estimate of drug-likeness (QED) is 0.496. The van der Waals surface area contributed by atoms with Crippen molar-refractivity contribution < 1.29 is 24.9 Å². The minimum Gasteiger partial charge on any atom is -0.481 e. The molecule has 0 rings (SSSR count). The molecule has 5 nitrogen and oxygen atoms in total. The molecule has 0 heterocycles. The second-order valence-electron chi connectivity index (χ2n) is 2.91. The van der Waals surface area contributed by atoms with Crippen LogP contribution in [0, 0.1) is 0 Å². The van der Waals surface area contributed by atoms with Gasteiger partial charge in [-0.25, -0.2) is 0 Å². The summed E-state index contributed by atoms with van der Waals surface area (Å²) in [4.78, 5) is 18.9. The fraction of sp³-hybridized carbons (Fsp3) is 0.778. The molecule has 0 aliphatic carbocycles. The summed E-state index contributed by atoms with van der Waals surface area (Å²) in [6, 6.07) is 0. The van der Waals surface area contributed by atoms with Gasteiger partial charge in [0, 0.05) is 12.5 Å². The fourth-order valence-corrected chi connectivity index (χ4v) is 0.129. The average molecular weight is 232 g/mol. The van der Waals surface area contributed by atoms with Crippen molar-refractivity contribution in [1.29, 1.82) is 0 Å².